The van der Waals surface area contributed by atoms with Crippen molar-refractivity contribution in [1.82, 2.24) is 14.9 Å². The van der Waals surface area contributed by atoms with Crippen LogP contribution in [0.4, 0.5) is 4.79 Å². The van der Waals surface area contributed by atoms with Crippen molar-refractivity contribution in [3.05, 3.63) is 18.7 Å². The van der Waals surface area contributed by atoms with Crippen LogP contribution in [0.1, 0.15) is 6.92 Å². The molecule has 27 heavy (non-hydrogen) atoms. The van der Waals surface area contributed by atoms with Gasteiger partial charge in [-0.1, -0.05) is 58.8 Å². The van der Waals surface area contributed by atoms with Gasteiger partial charge in [-0.05, 0) is 6.92 Å². The average Bonchev–Trinajstić information content (AvgIpc) is 3.04. The zero-order valence-corrected chi connectivity index (χ0v) is 18.7. The summed E-state index contributed by atoms with van der Waals surface area (Å²) in [4.78, 5) is 27.5. The van der Waals surface area contributed by atoms with Crippen LogP contribution >= 0.6 is 70.5 Å². The highest BCUT2D eigenvalue weighted by molar-refractivity contribution is 8.47. The number of carbonyl (C=O) groups excluding carboxylic acids is 2. The molecule has 0 radical (unpaired) electrons. The molecule has 13 heteroatoms. The number of thiocarbonyl (C=S) groups is 1. The van der Waals surface area contributed by atoms with E-state index in [0.717, 1.165) is 12.3 Å². The van der Waals surface area contributed by atoms with E-state index < -0.39 is 28.6 Å². The van der Waals surface area contributed by atoms with Crippen LogP contribution in [0.3, 0.4) is 0 Å². The molecule has 1 aromatic rings. The predicted molar refractivity (Wildman–Crippen MR) is 112 cm³/mol. The minimum atomic E-state index is -1.73. The first-order valence-corrected chi connectivity index (χ1v) is 11.1. The number of β-lactam (4-membered cyclic amide) rings is 1. The van der Waals surface area contributed by atoms with Gasteiger partial charge in [-0.2, -0.15) is 0 Å². The number of hydrogen-bond donors (Lipinski definition) is 1. The number of nitrogens with zero attached hydrogens (tertiary/aromatic N) is 2. The summed E-state index contributed by atoms with van der Waals surface area (Å²) in [5.41, 5.74) is 0. The lowest BCUT2D eigenvalue weighted by atomic mass is 9.96. The monoisotopic (exact) mass is 491 g/mol. The maximum absolute atomic E-state index is 11.9. The molecule has 0 aromatic carbocycles. The molecule has 1 aliphatic rings. The van der Waals surface area contributed by atoms with Gasteiger partial charge in [-0.25, -0.2) is 9.78 Å². The van der Waals surface area contributed by atoms with Crippen molar-refractivity contribution in [1.29, 1.82) is 0 Å². The fourth-order valence-electron chi connectivity index (χ4n) is 2.12. The van der Waals surface area contributed by atoms with Gasteiger partial charge in [0.1, 0.15) is 22.2 Å². The Hall–Kier alpha value is -0.390. The second-order valence-electron chi connectivity index (χ2n) is 5.45. The summed E-state index contributed by atoms with van der Waals surface area (Å²) in [5, 5.41) is 2.47. The number of amides is 1. The number of aryl methyl sites for hydroxylation is 1. The topological polar surface area (TPSA) is 82.5 Å². The van der Waals surface area contributed by atoms with Crippen molar-refractivity contribution < 1.29 is 19.1 Å². The van der Waals surface area contributed by atoms with Gasteiger partial charge in [0.15, 0.2) is 0 Å². The molecule has 0 saturated carbocycles. The Balaban J connectivity index is 1.73. The molecule has 1 saturated heterocycles. The SMILES string of the molecule is CC(OC(=O)OCC(Cl)(Cl)Cl)C1C(=O)NC1SC(=S)SCCn1ccnc1. The minimum Gasteiger partial charge on any atom is -0.430 e. The number of halogens is 3. The fourth-order valence-corrected chi connectivity index (χ4v) is 5.02. The number of rotatable bonds is 7. The largest absolute Gasteiger partial charge is 0.508 e. The molecule has 0 aliphatic carbocycles. The van der Waals surface area contributed by atoms with E-state index in [1.165, 1.54) is 23.5 Å². The third kappa shape index (κ3) is 7.86. The summed E-state index contributed by atoms with van der Waals surface area (Å²) >= 11 is 24.7. The fraction of sp³-hybridized carbons (Fsp3) is 0.571. The molecule has 1 aromatic heterocycles. The number of hydrogen-bond acceptors (Lipinski definition) is 8. The molecule has 3 unspecified atom stereocenters. The zero-order chi connectivity index (χ0) is 20.0. The van der Waals surface area contributed by atoms with Gasteiger partial charge in [0.25, 0.3) is 0 Å². The Morgan fingerprint density at radius 1 is 1.52 bits per heavy atom. The Kier molecular flexibility index (Phi) is 8.82. The molecular weight excluding hydrogens is 477 g/mol. The quantitative estimate of drug-likeness (QED) is 0.267. The van der Waals surface area contributed by atoms with E-state index in [0.29, 0.717) is 3.53 Å². The van der Waals surface area contributed by atoms with E-state index in [1.807, 2.05) is 10.8 Å². The maximum Gasteiger partial charge on any atom is 0.508 e. The summed E-state index contributed by atoms with van der Waals surface area (Å²) in [5.74, 6) is 0.0195. The second kappa shape index (κ2) is 10.4. The minimum absolute atomic E-state index is 0.222. The van der Waals surface area contributed by atoms with E-state index >= 15 is 0 Å². The molecule has 2 heterocycles. The summed E-state index contributed by atoms with van der Waals surface area (Å²) in [6.45, 7) is 1.93. The van der Waals surface area contributed by atoms with Gasteiger partial charge in [0, 0.05) is 24.7 Å². The van der Waals surface area contributed by atoms with Crippen LogP contribution in [0.5, 0.6) is 0 Å². The van der Waals surface area contributed by atoms with Crippen LogP contribution < -0.4 is 5.32 Å². The van der Waals surface area contributed by atoms with Crippen molar-refractivity contribution in [3.63, 3.8) is 0 Å². The van der Waals surface area contributed by atoms with Crippen LogP contribution in [0.15, 0.2) is 18.7 Å². The van der Waals surface area contributed by atoms with E-state index in [4.69, 9.17) is 56.5 Å². The Labute approximate surface area is 185 Å². The first kappa shape index (κ1) is 22.9. The molecule has 2 rings (SSSR count). The molecule has 0 bridgehead atoms. The van der Waals surface area contributed by atoms with E-state index in [9.17, 15) is 9.59 Å². The number of nitrogens with one attached hydrogen (secondary N) is 1. The number of thioether (sulfide) groups is 2. The molecule has 1 amide bonds. The Morgan fingerprint density at radius 2 is 2.26 bits per heavy atom. The molecule has 7 nitrogen and oxygen atoms in total. The first-order chi connectivity index (χ1) is 12.7. The summed E-state index contributed by atoms with van der Waals surface area (Å²) < 4.78 is 10.7. The highest BCUT2D eigenvalue weighted by Crippen LogP contribution is 2.34. The van der Waals surface area contributed by atoms with E-state index in [1.54, 1.807) is 19.4 Å². The predicted octanol–water partition coefficient (Wildman–Crippen LogP) is 3.62. The highest BCUT2D eigenvalue weighted by Gasteiger charge is 2.46. The van der Waals surface area contributed by atoms with E-state index in [-0.39, 0.29) is 11.3 Å². The van der Waals surface area contributed by atoms with Crippen molar-refractivity contribution >= 4 is 86.1 Å². The van der Waals surface area contributed by atoms with Crippen LogP contribution in [0, 0.1) is 5.92 Å². The third-order valence-corrected chi connectivity index (χ3v) is 6.50. The lowest BCUT2D eigenvalue weighted by Crippen LogP contribution is -2.61. The van der Waals surface area contributed by atoms with Crippen molar-refractivity contribution in [2.75, 3.05) is 12.4 Å². The summed E-state index contributed by atoms with van der Waals surface area (Å²) in [6, 6.07) is 0. The molecule has 0 spiro atoms. The van der Waals surface area contributed by atoms with Crippen LogP contribution in [-0.4, -0.2) is 52.8 Å². The number of carbonyl (C=O) groups is 2. The maximum atomic E-state index is 11.9. The Morgan fingerprint density at radius 3 is 2.85 bits per heavy atom. The van der Waals surface area contributed by atoms with Crippen molar-refractivity contribution in [2.45, 2.75) is 28.7 Å². The smallest absolute Gasteiger partial charge is 0.430 e. The van der Waals surface area contributed by atoms with E-state index in [2.05, 4.69) is 10.3 Å². The lowest BCUT2D eigenvalue weighted by Gasteiger charge is -2.38. The van der Waals surface area contributed by atoms with Gasteiger partial charge in [-0.3, -0.25) is 4.79 Å². The van der Waals surface area contributed by atoms with Crippen LogP contribution in [0.25, 0.3) is 0 Å². The lowest BCUT2D eigenvalue weighted by molar-refractivity contribution is -0.137. The average molecular weight is 493 g/mol. The standard InChI is InChI=1S/C14H16Cl3N3O4S3/c1-8(24-12(22)23-6-14(15,16)17)9-10(21)19-11(9)27-13(25)26-5-4-20-3-2-18-7-20/h2-3,7-9,11H,4-6H2,1H3,(H,19,21). The first-order valence-electron chi connectivity index (χ1n) is 7.65. The molecule has 150 valence electrons. The molecule has 1 fully saturated rings. The van der Waals surface area contributed by atoms with Crippen LogP contribution in [0.2, 0.25) is 0 Å². The number of ether oxygens (including phenoxy) is 2. The van der Waals surface area contributed by atoms with Crippen molar-refractivity contribution in [3.8, 4) is 0 Å². The third-order valence-electron chi connectivity index (χ3n) is 3.41. The second-order valence-corrected chi connectivity index (χ2v) is 11.4. The summed E-state index contributed by atoms with van der Waals surface area (Å²) in [7, 11) is 0. The highest BCUT2D eigenvalue weighted by atomic mass is 35.6. The van der Waals surface area contributed by atoms with Crippen LogP contribution in [-0.2, 0) is 20.8 Å². The van der Waals surface area contributed by atoms with Gasteiger partial charge in [0.05, 0.1) is 11.7 Å². The van der Waals surface area contributed by atoms with Crippen molar-refractivity contribution in [2.24, 2.45) is 5.92 Å². The number of aromatic nitrogens is 2. The molecule has 1 N–H and O–H groups in total. The molecule has 3 atom stereocenters. The molecule has 1 aliphatic heterocycles. The number of alkyl halides is 3. The Bertz CT molecular complexity index is 672. The molecular formula is C14H16Cl3N3O4S3. The zero-order valence-electron chi connectivity index (χ0n) is 14.0. The summed E-state index contributed by atoms with van der Waals surface area (Å²) in [6.07, 6.45) is 3.61. The van der Waals surface area contributed by atoms with Gasteiger partial charge in [0.2, 0.25) is 9.70 Å². The van der Waals surface area contributed by atoms with Gasteiger partial charge >= 0.3 is 6.16 Å². The van der Waals surface area contributed by atoms with Gasteiger partial charge < -0.3 is 19.4 Å². The number of imidazole rings is 1. The normalized spacial score (nSPS) is 20.4. The van der Waals surface area contributed by atoms with Gasteiger partial charge in [-0.15, -0.1) is 11.8 Å².